The number of methoxy groups -OCH3 is 1. The number of halogens is 2. The Morgan fingerprint density at radius 1 is 1.21 bits per heavy atom. The van der Waals surface area contributed by atoms with E-state index < -0.39 is 5.82 Å². The van der Waals surface area contributed by atoms with Crippen LogP contribution < -0.4 is 10.1 Å². The van der Waals surface area contributed by atoms with Gasteiger partial charge >= 0.3 is 0 Å². The molecule has 33 heavy (non-hydrogen) atoms. The van der Waals surface area contributed by atoms with Crippen molar-refractivity contribution in [1.29, 1.82) is 0 Å². The number of carbonyl (C=O) groups is 1. The Bertz CT molecular complexity index is 1320. The molecular weight excluding hydrogens is 467 g/mol. The molecule has 2 aromatic carbocycles. The smallest absolute Gasteiger partial charge is 0.234 e. The Hall–Kier alpha value is -3.37. The third-order valence-electron chi connectivity index (χ3n) is 4.79. The Labute approximate surface area is 198 Å². The Balaban J connectivity index is 1.52. The molecule has 0 fully saturated rings. The van der Waals surface area contributed by atoms with Crippen molar-refractivity contribution >= 4 is 35.0 Å². The Morgan fingerprint density at radius 3 is 2.79 bits per heavy atom. The van der Waals surface area contributed by atoms with Crippen molar-refractivity contribution in [2.75, 3.05) is 18.2 Å². The third kappa shape index (κ3) is 5.01. The number of aryl methyl sites for hydroxylation is 1. The molecule has 0 aliphatic rings. The molecule has 0 unspecified atom stereocenters. The molecule has 1 N–H and O–H groups in total. The van der Waals surface area contributed by atoms with Gasteiger partial charge in [-0.3, -0.25) is 9.48 Å². The van der Waals surface area contributed by atoms with Crippen molar-refractivity contribution in [3.05, 3.63) is 59.5 Å². The van der Waals surface area contributed by atoms with Gasteiger partial charge < -0.3 is 14.6 Å². The zero-order valence-corrected chi connectivity index (χ0v) is 19.6. The summed E-state index contributed by atoms with van der Waals surface area (Å²) in [6, 6.07) is 11.7. The van der Waals surface area contributed by atoms with E-state index in [-0.39, 0.29) is 22.4 Å². The van der Waals surface area contributed by atoms with Gasteiger partial charge in [-0.1, -0.05) is 35.5 Å². The molecule has 4 rings (SSSR count). The summed E-state index contributed by atoms with van der Waals surface area (Å²) in [4.78, 5) is 12.3. The zero-order chi connectivity index (χ0) is 23.5. The number of thioether (sulfide) groups is 1. The molecule has 2 heterocycles. The number of nitrogens with one attached hydrogen (secondary N) is 1. The van der Waals surface area contributed by atoms with Crippen LogP contribution in [0.5, 0.6) is 5.75 Å². The topological polar surface area (TPSA) is 86.9 Å². The van der Waals surface area contributed by atoms with Crippen LogP contribution in [0, 0.1) is 5.82 Å². The van der Waals surface area contributed by atoms with E-state index in [0.717, 1.165) is 28.6 Å². The van der Waals surface area contributed by atoms with E-state index in [2.05, 4.69) is 20.6 Å². The molecule has 0 aliphatic carbocycles. The highest BCUT2D eigenvalue weighted by Crippen LogP contribution is 2.32. The molecule has 0 bridgehead atoms. The standard InChI is InChI=1S/C22H20ClFN6O2S/c1-29-11-16(20(28-29)13-5-4-6-15(9-13)32-3)21-26-27-22(30(21)2)33-12-19(31)25-18-8-7-14(23)10-17(18)24/h4-11H,12H2,1-3H3,(H,25,31). The van der Waals surface area contributed by atoms with E-state index in [1.165, 1.54) is 23.9 Å². The summed E-state index contributed by atoms with van der Waals surface area (Å²) in [5, 5.41) is 16.5. The third-order valence-corrected chi connectivity index (χ3v) is 6.04. The van der Waals surface area contributed by atoms with Crippen LogP contribution in [0.25, 0.3) is 22.6 Å². The van der Waals surface area contributed by atoms with E-state index in [1.807, 2.05) is 44.6 Å². The minimum atomic E-state index is -0.594. The van der Waals surface area contributed by atoms with Gasteiger partial charge in [0.1, 0.15) is 17.3 Å². The first kappa shape index (κ1) is 22.8. The summed E-state index contributed by atoms with van der Waals surface area (Å²) in [7, 11) is 5.26. The largest absolute Gasteiger partial charge is 0.497 e. The maximum Gasteiger partial charge on any atom is 0.234 e. The number of hydrogen-bond donors (Lipinski definition) is 1. The summed E-state index contributed by atoms with van der Waals surface area (Å²) >= 11 is 6.94. The van der Waals surface area contributed by atoms with E-state index in [1.54, 1.807) is 16.4 Å². The molecule has 8 nitrogen and oxygen atoms in total. The number of carbonyl (C=O) groups excluding carboxylic acids is 1. The summed E-state index contributed by atoms with van der Waals surface area (Å²) in [5.41, 5.74) is 2.48. The van der Waals surface area contributed by atoms with Crippen LogP contribution in [0.4, 0.5) is 10.1 Å². The van der Waals surface area contributed by atoms with Crippen LogP contribution in [0.2, 0.25) is 5.02 Å². The first-order valence-electron chi connectivity index (χ1n) is 9.81. The molecule has 11 heteroatoms. The van der Waals surface area contributed by atoms with Gasteiger partial charge in [-0.2, -0.15) is 5.10 Å². The lowest BCUT2D eigenvalue weighted by atomic mass is 10.1. The lowest BCUT2D eigenvalue weighted by molar-refractivity contribution is -0.113. The molecule has 170 valence electrons. The number of aromatic nitrogens is 5. The van der Waals surface area contributed by atoms with Crippen LogP contribution in [0.1, 0.15) is 0 Å². The SMILES string of the molecule is COc1cccc(-c2nn(C)cc2-c2nnc(SCC(=O)Nc3ccc(Cl)cc3F)n2C)c1. The molecule has 0 saturated carbocycles. The highest BCUT2D eigenvalue weighted by atomic mass is 35.5. The normalized spacial score (nSPS) is 10.9. The molecule has 0 spiro atoms. The lowest BCUT2D eigenvalue weighted by Gasteiger charge is -2.07. The second-order valence-electron chi connectivity index (χ2n) is 7.12. The molecule has 2 aromatic heterocycles. The van der Waals surface area contributed by atoms with E-state index >= 15 is 0 Å². The summed E-state index contributed by atoms with van der Waals surface area (Å²) in [6.07, 6.45) is 1.86. The summed E-state index contributed by atoms with van der Waals surface area (Å²) < 4.78 is 22.7. The van der Waals surface area contributed by atoms with Crippen LogP contribution in [0.15, 0.2) is 53.8 Å². The van der Waals surface area contributed by atoms with Crippen molar-refractivity contribution in [2.24, 2.45) is 14.1 Å². The average Bonchev–Trinajstić information content (AvgIpc) is 3.36. The molecule has 1 amide bonds. The highest BCUT2D eigenvalue weighted by molar-refractivity contribution is 7.99. The van der Waals surface area contributed by atoms with Gasteiger partial charge in [-0.05, 0) is 30.3 Å². The predicted octanol–water partition coefficient (Wildman–Crippen LogP) is 4.41. The van der Waals surface area contributed by atoms with Gasteiger partial charge in [0.15, 0.2) is 11.0 Å². The van der Waals surface area contributed by atoms with Gasteiger partial charge in [0.05, 0.1) is 24.1 Å². The molecular formula is C22H20ClFN6O2S. The van der Waals surface area contributed by atoms with E-state index in [9.17, 15) is 9.18 Å². The molecule has 0 aliphatic heterocycles. The number of nitrogens with zero attached hydrogens (tertiary/aromatic N) is 5. The maximum absolute atomic E-state index is 13.9. The highest BCUT2D eigenvalue weighted by Gasteiger charge is 2.20. The first-order chi connectivity index (χ1) is 15.9. The first-order valence-corrected chi connectivity index (χ1v) is 11.2. The Kier molecular flexibility index (Phi) is 6.66. The summed E-state index contributed by atoms with van der Waals surface area (Å²) in [5.74, 6) is 0.394. The van der Waals surface area contributed by atoms with Crippen LogP contribution in [-0.2, 0) is 18.9 Å². The maximum atomic E-state index is 13.9. The number of hydrogen-bond acceptors (Lipinski definition) is 6. The fourth-order valence-corrected chi connectivity index (χ4v) is 4.09. The van der Waals surface area contributed by atoms with E-state index in [0.29, 0.717) is 11.0 Å². The van der Waals surface area contributed by atoms with Crippen molar-refractivity contribution in [2.45, 2.75) is 5.16 Å². The van der Waals surface area contributed by atoms with Gasteiger partial charge in [-0.15, -0.1) is 10.2 Å². The van der Waals surface area contributed by atoms with Gasteiger partial charge in [0.25, 0.3) is 0 Å². The Morgan fingerprint density at radius 2 is 2.03 bits per heavy atom. The number of anilines is 1. The van der Waals surface area contributed by atoms with Gasteiger partial charge in [-0.25, -0.2) is 4.39 Å². The zero-order valence-electron chi connectivity index (χ0n) is 18.0. The minimum Gasteiger partial charge on any atom is -0.497 e. The monoisotopic (exact) mass is 486 g/mol. The molecule has 4 aromatic rings. The quantitative estimate of drug-likeness (QED) is 0.389. The predicted molar refractivity (Wildman–Crippen MR) is 126 cm³/mol. The number of rotatable bonds is 7. The van der Waals surface area contributed by atoms with Gasteiger partial charge in [0.2, 0.25) is 5.91 Å². The average molecular weight is 487 g/mol. The van der Waals surface area contributed by atoms with Gasteiger partial charge in [0, 0.05) is 30.9 Å². The van der Waals surface area contributed by atoms with Crippen molar-refractivity contribution < 1.29 is 13.9 Å². The fraction of sp³-hybridized carbons (Fsp3) is 0.182. The molecule has 0 radical (unpaired) electrons. The van der Waals surface area contributed by atoms with Crippen molar-refractivity contribution in [1.82, 2.24) is 24.5 Å². The van der Waals surface area contributed by atoms with Crippen molar-refractivity contribution in [3.63, 3.8) is 0 Å². The number of benzene rings is 2. The van der Waals surface area contributed by atoms with Crippen molar-refractivity contribution in [3.8, 4) is 28.4 Å². The second-order valence-corrected chi connectivity index (χ2v) is 8.50. The number of amides is 1. The second kappa shape index (κ2) is 9.63. The van der Waals surface area contributed by atoms with Crippen LogP contribution in [0.3, 0.4) is 0 Å². The lowest BCUT2D eigenvalue weighted by Crippen LogP contribution is -2.15. The van der Waals surface area contributed by atoms with E-state index in [4.69, 9.17) is 16.3 Å². The molecule has 0 atom stereocenters. The van der Waals surface area contributed by atoms with Crippen LogP contribution in [-0.4, -0.2) is 43.3 Å². The fourth-order valence-electron chi connectivity index (χ4n) is 3.22. The molecule has 0 saturated heterocycles. The van der Waals surface area contributed by atoms with Crippen LogP contribution >= 0.6 is 23.4 Å². The minimum absolute atomic E-state index is 0.0316. The number of ether oxygens (including phenoxy) is 1. The summed E-state index contributed by atoms with van der Waals surface area (Å²) in [6.45, 7) is 0.